The molecule has 4 nitrogen and oxygen atoms in total. The van der Waals surface area contributed by atoms with Gasteiger partial charge in [-0.05, 0) is 17.5 Å². The van der Waals surface area contributed by atoms with Gasteiger partial charge in [0, 0.05) is 18.4 Å². The molecule has 0 aliphatic rings. The quantitative estimate of drug-likeness (QED) is 0.595. The van der Waals surface area contributed by atoms with Crippen molar-refractivity contribution >= 4 is 0 Å². The molecule has 0 amide bonds. The Labute approximate surface area is 162 Å². The fourth-order valence-corrected chi connectivity index (χ4v) is 3.25. The van der Waals surface area contributed by atoms with Gasteiger partial charge >= 0.3 is 0 Å². The molecule has 0 aliphatic carbocycles. The summed E-state index contributed by atoms with van der Waals surface area (Å²) in [5.74, 6) is 0.0111. The maximum atomic E-state index is 10.4. The zero-order valence-corrected chi connectivity index (χ0v) is 16.3. The van der Waals surface area contributed by atoms with Crippen LogP contribution in [0.1, 0.15) is 31.4 Å². The summed E-state index contributed by atoms with van der Waals surface area (Å²) >= 11 is 0. The molecule has 0 radical (unpaired) electrons. The topological polar surface area (TPSA) is 58.9 Å². The fourth-order valence-electron chi connectivity index (χ4n) is 3.25. The first-order valence-electron chi connectivity index (χ1n) is 9.68. The van der Waals surface area contributed by atoms with Gasteiger partial charge in [-0.15, -0.1) is 0 Å². The van der Waals surface area contributed by atoms with Crippen LogP contribution in [0, 0.1) is 11.8 Å². The van der Waals surface area contributed by atoms with Crippen LogP contribution in [0.5, 0.6) is 0 Å². The van der Waals surface area contributed by atoms with Crippen LogP contribution in [-0.4, -0.2) is 35.6 Å². The molecule has 0 unspecified atom stereocenters. The smallest absolute Gasteiger partial charge is 0.0720 e. The molecule has 0 aliphatic heterocycles. The Morgan fingerprint density at radius 3 is 1.96 bits per heavy atom. The highest BCUT2D eigenvalue weighted by Crippen LogP contribution is 2.24. The van der Waals surface area contributed by atoms with Gasteiger partial charge < -0.3 is 19.7 Å². The lowest BCUT2D eigenvalue weighted by molar-refractivity contribution is -0.0858. The van der Waals surface area contributed by atoms with E-state index in [9.17, 15) is 5.11 Å². The van der Waals surface area contributed by atoms with Crippen LogP contribution in [0.4, 0.5) is 0 Å². The van der Waals surface area contributed by atoms with Crippen LogP contribution < -0.4 is 0 Å². The van der Waals surface area contributed by atoms with Crippen molar-refractivity contribution in [3.05, 3.63) is 71.8 Å². The minimum absolute atomic E-state index is 0.0319. The fraction of sp³-hybridized carbons (Fsp3) is 0.478. The molecule has 0 heterocycles. The van der Waals surface area contributed by atoms with E-state index < -0.39 is 6.10 Å². The van der Waals surface area contributed by atoms with Gasteiger partial charge in [-0.2, -0.15) is 0 Å². The van der Waals surface area contributed by atoms with Gasteiger partial charge in [0.25, 0.3) is 0 Å². The summed E-state index contributed by atoms with van der Waals surface area (Å²) in [7, 11) is 0. The van der Waals surface area contributed by atoms with Gasteiger partial charge in [-0.3, -0.25) is 0 Å². The number of rotatable bonds is 12. The van der Waals surface area contributed by atoms with Crippen molar-refractivity contribution in [3.63, 3.8) is 0 Å². The van der Waals surface area contributed by atoms with Crippen LogP contribution in [0.3, 0.4) is 0 Å². The third-order valence-electron chi connectivity index (χ3n) is 4.89. The van der Waals surface area contributed by atoms with Crippen molar-refractivity contribution in [3.8, 4) is 0 Å². The van der Waals surface area contributed by atoms with Crippen LogP contribution in [0.2, 0.25) is 0 Å². The van der Waals surface area contributed by atoms with E-state index in [0.717, 1.165) is 11.1 Å². The third-order valence-corrected chi connectivity index (χ3v) is 4.89. The normalized spacial score (nSPS) is 15.9. The van der Waals surface area contributed by atoms with E-state index in [0.29, 0.717) is 26.2 Å². The van der Waals surface area contributed by atoms with Crippen LogP contribution in [0.25, 0.3) is 0 Å². The molecule has 0 saturated heterocycles. The Kier molecular flexibility index (Phi) is 9.50. The number of aliphatic hydroxyl groups is 2. The summed E-state index contributed by atoms with van der Waals surface area (Å²) < 4.78 is 12.1. The zero-order chi connectivity index (χ0) is 19.5. The highest BCUT2D eigenvalue weighted by Gasteiger charge is 2.29. The molecule has 2 aromatic rings. The van der Waals surface area contributed by atoms with Crippen molar-refractivity contribution in [1.82, 2.24) is 0 Å². The second-order valence-corrected chi connectivity index (χ2v) is 7.18. The van der Waals surface area contributed by atoms with E-state index in [1.165, 1.54) is 0 Å². The number of benzene rings is 2. The first kappa shape index (κ1) is 21.6. The number of aliphatic hydroxyl groups excluding tert-OH is 2. The van der Waals surface area contributed by atoms with E-state index >= 15 is 0 Å². The van der Waals surface area contributed by atoms with Crippen LogP contribution in [0.15, 0.2) is 60.7 Å². The monoisotopic (exact) mass is 372 g/mol. The number of ether oxygens (including phenoxy) is 2. The second kappa shape index (κ2) is 11.9. The first-order chi connectivity index (χ1) is 13.1. The molecule has 27 heavy (non-hydrogen) atoms. The van der Waals surface area contributed by atoms with Gasteiger partial charge in [-0.25, -0.2) is 0 Å². The molecular weight excluding hydrogens is 340 g/mol. The Morgan fingerprint density at radius 1 is 0.852 bits per heavy atom. The lowest BCUT2D eigenvalue weighted by atomic mass is 9.88. The SMILES string of the molecule is C[C@H]([C@H](OCc1ccccc1)[C@H](C)COCc1ccccc1)[C@H](O)CCO. The van der Waals surface area contributed by atoms with E-state index in [2.05, 4.69) is 6.92 Å². The van der Waals surface area contributed by atoms with E-state index in [-0.39, 0.29) is 24.5 Å². The highest BCUT2D eigenvalue weighted by atomic mass is 16.5. The zero-order valence-electron chi connectivity index (χ0n) is 16.3. The molecule has 0 spiro atoms. The van der Waals surface area contributed by atoms with Crippen LogP contribution >= 0.6 is 0 Å². The third kappa shape index (κ3) is 7.43. The standard InChI is InChI=1S/C23H32O4/c1-18(15-26-16-20-9-5-3-6-10-20)23(19(2)22(25)13-14-24)27-17-21-11-7-4-8-12-21/h3-12,18-19,22-25H,13-17H2,1-2H3/t18-,19+,22-,23-/m1/s1. The molecular formula is C23H32O4. The molecule has 0 fully saturated rings. The molecule has 0 aromatic heterocycles. The molecule has 2 rings (SSSR count). The Morgan fingerprint density at radius 2 is 1.41 bits per heavy atom. The van der Waals surface area contributed by atoms with E-state index in [4.69, 9.17) is 14.6 Å². The molecule has 0 saturated carbocycles. The maximum absolute atomic E-state index is 10.4. The maximum Gasteiger partial charge on any atom is 0.0720 e. The van der Waals surface area contributed by atoms with Gasteiger partial charge in [0.05, 0.1) is 32.0 Å². The van der Waals surface area contributed by atoms with E-state index in [1.807, 2.05) is 67.6 Å². The summed E-state index contributed by atoms with van der Waals surface area (Å²) in [6, 6.07) is 20.1. The number of hydrogen-bond donors (Lipinski definition) is 2. The average Bonchev–Trinajstić information content (AvgIpc) is 2.70. The summed E-state index contributed by atoms with van der Waals surface area (Å²) in [6.07, 6.45) is -0.417. The first-order valence-corrected chi connectivity index (χ1v) is 9.68. The predicted molar refractivity (Wildman–Crippen MR) is 107 cm³/mol. The molecule has 148 valence electrons. The second-order valence-electron chi connectivity index (χ2n) is 7.18. The van der Waals surface area contributed by atoms with Crippen molar-refractivity contribution in [1.29, 1.82) is 0 Å². The average molecular weight is 373 g/mol. The van der Waals surface area contributed by atoms with E-state index in [1.54, 1.807) is 0 Å². The Bertz CT molecular complexity index is 617. The van der Waals surface area contributed by atoms with Gasteiger partial charge in [0.15, 0.2) is 0 Å². The van der Waals surface area contributed by atoms with Crippen molar-refractivity contribution < 1.29 is 19.7 Å². The van der Waals surface area contributed by atoms with Gasteiger partial charge in [0.1, 0.15) is 0 Å². The molecule has 2 aromatic carbocycles. The highest BCUT2D eigenvalue weighted by molar-refractivity contribution is 5.14. The Hall–Kier alpha value is -1.72. The Balaban J connectivity index is 1.94. The molecule has 4 heteroatoms. The van der Waals surface area contributed by atoms with Crippen LogP contribution in [-0.2, 0) is 22.7 Å². The summed E-state index contributed by atoms with van der Waals surface area (Å²) in [5, 5.41) is 19.5. The largest absolute Gasteiger partial charge is 0.396 e. The minimum atomic E-state index is -0.604. The summed E-state index contributed by atoms with van der Waals surface area (Å²) in [6.45, 7) is 5.63. The summed E-state index contributed by atoms with van der Waals surface area (Å²) in [4.78, 5) is 0. The van der Waals surface area contributed by atoms with Gasteiger partial charge in [-0.1, -0.05) is 74.5 Å². The molecule has 0 bridgehead atoms. The van der Waals surface area contributed by atoms with Crippen molar-refractivity contribution in [2.24, 2.45) is 11.8 Å². The van der Waals surface area contributed by atoms with Crippen molar-refractivity contribution in [2.45, 2.75) is 45.7 Å². The minimum Gasteiger partial charge on any atom is -0.396 e. The van der Waals surface area contributed by atoms with Gasteiger partial charge in [0.2, 0.25) is 0 Å². The van der Waals surface area contributed by atoms with Crippen molar-refractivity contribution in [2.75, 3.05) is 13.2 Å². The molecule has 4 atom stereocenters. The lowest BCUT2D eigenvalue weighted by Crippen LogP contribution is -2.38. The number of hydrogen-bond acceptors (Lipinski definition) is 4. The summed E-state index contributed by atoms with van der Waals surface area (Å²) in [5.41, 5.74) is 2.24. The molecule has 2 N–H and O–H groups in total. The predicted octanol–water partition coefficient (Wildman–Crippen LogP) is 3.80. The lowest BCUT2D eigenvalue weighted by Gasteiger charge is -2.32.